The molecule has 0 aliphatic rings. The molecule has 0 aliphatic carbocycles. The normalized spacial score (nSPS) is 11.2. The number of aromatic nitrogens is 1. The molecule has 1 aromatic heterocycles. The Morgan fingerprint density at radius 1 is 1.24 bits per heavy atom. The topological polar surface area (TPSA) is 37.0 Å². The molecular weight excluding hydrogens is 234 g/mol. The lowest BCUT2D eigenvalue weighted by molar-refractivity contribution is 0.548. The fraction of sp³-hybridized carbons (Fsp3) is 0.615. The van der Waals surface area contributed by atoms with Crippen LogP contribution in [0.15, 0.2) is 12.1 Å². The van der Waals surface area contributed by atoms with Crippen LogP contribution in [0.4, 0.5) is 5.82 Å². The molecule has 0 radical (unpaired) electrons. The van der Waals surface area contributed by atoms with Crippen molar-refractivity contribution in [3.63, 3.8) is 0 Å². The van der Waals surface area contributed by atoms with Crippen LogP contribution >= 0.6 is 11.6 Å². The highest BCUT2D eigenvalue weighted by Gasteiger charge is 2.05. The Hall–Kier alpha value is -0.800. The average molecular weight is 256 g/mol. The van der Waals surface area contributed by atoms with Gasteiger partial charge in [0.05, 0.1) is 10.7 Å². The van der Waals surface area contributed by atoms with Crippen LogP contribution in [0.2, 0.25) is 5.02 Å². The molecule has 0 amide bonds. The molecule has 0 aliphatic heterocycles. The zero-order chi connectivity index (χ0) is 12.8. The van der Waals surface area contributed by atoms with E-state index in [2.05, 4.69) is 43.3 Å². The number of halogens is 1. The summed E-state index contributed by atoms with van der Waals surface area (Å²) in [7, 11) is 0. The van der Waals surface area contributed by atoms with Crippen LogP contribution in [0.3, 0.4) is 0 Å². The summed E-state index contributed by atoms with van der Waals surface area (Å²) in [6.45, 7) is 10.2. The van der Waals surface area contributed by atoms with Gasteiger partial charge in [0, 0.05) is 12.6 Å². The highest BCUT2D eigenvalue weighted by molar-refractivity contribution is 6.31. The van der Waals surface area contributed by atoms with E-state index in [1.54, 1.807) is 0 Å². The molecule has 1 rings (SSSR count). The lowest BCUT2D eigenvalue weighted by Crippen LogP contribution is -2.20. The number of pyridine rings is 1. The lowest BCUT2D eigenvalue weighted by atomic mass is 10.2. The molecule has 0 spiro atoms. The third-order valence-electron chi connectivity index (χ3n) is 2.20. The smallest absolute Gasteiger partial charge is 0.126 e. The van der Waals surface area contributed by atoms with Gasteiger partial charge in [-0.3, -0.25) is 0 Å². The van der Waals surface area contributed by atoms with E-state index in [1.807, 2.05) is 12.1 Å². The van der Waals surface area contributed by atoms with Gasteiger partial charge in [0.25, 0.3) is 0 Å². The summed E-state index contributed by atoms with van der Waals surface area (Å²) in [5.74, 6) is 1.51. The summed E-state index contributed by atoms with van der Waals surface area (Å²) in [5.41, 5.74) is 0.901. The maximum atomic E-state index is 6.12. The molecule has 4 heteroatoms. The van der Waals surface area contributed by atoms with Crippen molar-refractivity contribution in [1.29, 1.82) is 0 Å². The van der Waals surface area contributed by atoms with Gasteiger partial charge < -0.3 is 10.6 Å². The Kier molecular flexibility index (Phi) is 5.72. The van der Waals surface area contributed by atoms with Crippen molar-refractivity contribution in [2.75, 3.05) is 11.9 Å². The third-order valence-corrected chi connectivity index (χ3v) is 2.54. The summed E-state index contributed by atoms with van der Waals surface area (Å²) in [4.78, 5) is 4.50. The van der Waals surface area contributed by atoms with Crippen LogP contribution in [-0.4, -0.2) is 17.6 Å². The monoisotopic (exact) mass is 255 g/mol. The van der Waals surface area contributed by atoms with Crippen LogP contribution in [0.25, 0.3) is 0 Å². The van der Waals surface area contributed by atoms with Gasteiger partial charge in [0.15, 0.2) is 0 Å². The van der Waals surface area contributed by atoms with Gasteiger partial charge in [0.2, 0.25) is 0 Å². The molecule has 96 valence electrons. The van der Waals surface area contributed by atoms with Crippen LogP contribution in [0.1, 0.15) is 33.4 Å². The maximum absolute atomic E-state index is 6.12. The van der Waals surface area contributed by atoms with Gasteiger partial charge in [-0.05, 0) is 38.4 Å². The zero-order valence-corrected chi connectivity index (χ0v) is 11.8. The van der Waals surface area contributed by atoms with E-state index < -0.39 is 0 Å². The minimum absolute atomic E-state index is 0.375. The molecule has 0 unspecified atom stereocenters. The molecule has 0 atom stereocenters. The van der Waals surface area contributed by atoms with E-state index in [9.17, 15) is 0 Å². The maximum Gasteiger partial charge on any atom is 0.126 e. The average Bonchev–Trinajstić information content (AvgIpc) is 2.21. The van der Waals surface area contributed by atoms with Gasteiger partial charge >= 0.3 is 0 Å². The predicted octanol–water partition coefficient (Wildman–Crippen LogP) is 3.30. The fourth-order valence-corrected chi connectivity index (χ4v) is 1.64. The summed E-state index contributed by atoms with van der Waals surface area (Å²) < 4.78 is 0. The van der Waals surface area contributed by atoms with Crippen molar-refractivity contribution in [1.82, 2.24) is 10.3 Å². The Labute approximate surface area is 109 Å². The Balaban J connectivity index is 2.63. The van der Waals surface area contributed by atoms with Crippen molar-refractivity contribution >= 4 is 17.4 Å². The van der Waals surface area contributed by atoms with Crippen LogP contribution in [-0.2, 0) is 6.54 Å². The zero-order valence-electron chi connectivity index (χ0n) is 11.0. The molecule has 17 heavy (non-hydrogen) atoms. The van der Waals surface area contributed by atoms with Crippen molar-refractivity contribution in [2.45, 2.75) is 40.3 Å². The summed E-state index contributed by atoms with van der Waals surface area (Å²) >= 11 is 6.12. The van der Waals surface area contributed by atoms with Crippen molar-refractivity contribution in [3.05, 3.63) is 22.8 Å². The molecule has 0 fully saturated rings. The number of hydrogen-bond donors (Lipinski definition) is 2. The van der Waals surface area contributed by atoms with E-state index >= 15 is 0 Å². The van der Waals surface area contributed by atoms with Crippen molar-refractivity contribution in [3.8, 4) is 0 Å². The van der Waals surface area contributed by atoms with Crippen LogP contribution < -0.4 is 10.6 Å². The van der Waals surface area contributed by atoms with Gasteiger partial charge in [0.1, 0.15) is 5.82 Å². The quantitative estimate of drug-likeness (QED) is 0.819. The molecule has 0 aromatic carbocycles. The van der Waals surface area contributed by atoms with Gasteiger partial charge in [-0.1, -0.05) is 25.4 Å². The van der Waals surface area contributed by atoms with Gasteiger partial charge in [-0.25, -0.2) is 4.98 Å². The first kappa shape index (κ1) is 14.3. The van der Waals surface area contributed by atoms with E-state index in [1.165, 1.54) is 0 Å². The Bertz CT molecular complexity index is 351. The second kappa shape index (κ2) is 6.82. The van der Waals surface area contributed by atoms with Crippen molar-refractivity contribution in [2.24, 2.45) is 5.92 Å². The second-order valence-electron chi connectivity index (χ2n) is 4.95. The first-order chi connectivity index (χ1) is 7.99. The number of nitrogens with zero attached hydrogens (tertiary/aromatic N) is 1. The molecule has 0 bridgehead atoms. The van der Waals surface area contributed by atoms with Crippen LogP contribution in [0, 0.1) is 5.92 Å². The number of hydrogen-bond acceptors (Lipinski definition) is 3. The first-order valence-electron chi connectivity index (χ1n) is 6.11. The van der Waals surface area contributed by atoms with Gasteiger partial charge in [-0.15, -0.1) is 0 Å². The van der Waals surface area contributed by atoms with Crippen LogP contribution in [0.5, 0.6) is 0 Å². The summed E-state index contributed by atoms with van der Waals surface area (Å²) in [6, 6.07) is 4.18. The largest absolute Gasteiger partial charge is 0.368 e. The summed E-state index contributed by atoms with van der Waals surface area (Å²) in [6.07, 6.45) is 0. The number of nitrogens with one attached hydrogen (secondary N) is 2. The molecule has 0 saturated carbocycles. The minimum atomic E-state index is 0.375. The molecule has 1 aromatic rings. The van der Waals surface area contributed by atoms with Gasteiger partial charge in [-0.2, -0.15) is 0 Å². The second-order valence-corrected chi connectivity index (χ2v) is 5.36. The number of anilines is 1. The molecule has 3 nitrogen and oxygen atoms in total. The summed E-state index contributed by atoms with van der Waals surface area (Å²) in [5, 5.41) is 7.34. The standard InChI is InChI=1S/C13H22ClN3/c1-9(2)7-15-8-12-11(14)5-6-13(17-12)16-10(3)4/h5-6,9-10,15H,7-8H2,1-4H3,(H,16,17). The van der Waals surface area contributed by atoms with E-state index in [0.29, 0.717) is 18.5 Å². The fourth-order valence-electron chi connectivity index (χ4n) is 1.46. The lowest BCUT2D eigenvalue weighted by Gasteiger charge is -2.12. The van der Waals surface area contributed by atoms with E-state index in [4.69, 9.17) is 11.6 Å². The van der Waals surface area contributed by atoms with Crippen molar-refractivity contribution < 1.29 is 0 Å². The van der Waals surface area contributed by atoms with E-state index in [0.717, 1.165) is 23.1 Å². The predicted molar refractivity (Wildman–Crippen MR) is 74.6 cm³/mol. The molecule has 0 saturated heterocycles. The molecule has 1 heterocycles. The Morgan fingerprint density at radius 2 is 1.94 bits per heavy atom. The molecular formula is C13H22ClN3. The SMILES string of the molecule is CC(C)CNCc1nc(NC(C)C)ccc1Cl. The Morgan fingerprint density at radius 3 is 2.53 bits per heavy atom. The number of rotatable bonds is 6. The molecule has 2 N–H and O–H groups in total. The minimum Gasteiger partial charge on any atom is -0.368 e. The highest BCUT2D eigenvalue weighted by atomic mass is 35.5. The van der Waals surface area contributed by atoms with E-state index in [-0.39, 0.29) is 0 Å². The first-order valence-corrected chi connectivity index (χ1v) is 6.49. The third kappa shape index (κ3) is 5.37. The highest BCUT2D eigenvalue weighted by Crippen LogP contribution is 2.17.